The predicted octanol–water partition coefficient (Wildman–Crippen LogP) is 2.49. The first-order valence-corrected chi connectivity index (χ1v) is 8.31. The van der Waals surface area contributed by atoms with Gasteiger partial charge in [-0.05, 0) is 12.8 Å². The molecular formula is C17H27N3O3. The highest BCUT2D eigenvalue weighted by Gasteiger charge is 2.67. The van der Waals surface area contributed by atoms with Crippen LogP contribution < -0.4 is 9.64 Å². The molecule has 0 unspecified atom stereocenters. The normalized spacial score (nSPS) is 24.4. The predicted molar refractivity (Wildman–Crippen MR) is 87.6 cm³/mol. The Morgan fingerprint density at radius 1 is 1.26 bits per heavy atom. The molecule has 23 heavy (non-hydrogen) atoms. The Bertz CT molecular complexity index is 552. The second-order valence-electron chi connectivity index (χ2n) is 7.00. The molecule has 3 rings (SSSR count). The monoisotopic (exact) mass is 321 g/mol. The van der Waals surface area contributed by atoms with E-state index < -0.39 is 5.79 Å². The van der Waals surface area contributed by atoms with Gasteiger partial charge in [-0.3, -0.25) is 0 Å². The molecule has 2 aliphatic rings. The fourth-order valence-corrected chi connectivity index (χ4v) is 4.47. The van der Waals surface area contributed by atoms with E-state index in [9.17, 15) is 0 Å². The van der Waals surface area contributed by atoms with Crippen molar-refractivity contribution in [2.75, 3.05) is 32.3 Å². The van der Waals surface area contributed by atoms with E-state index in [2.05, 4.69) is 28.7 Å². The molecule has 0 bridgehead atoms. The summed E-state index contributed by atoms with van der Waals surface area (Å²) in [5.41, 5.74) is 0.261. The van der Waals surface area contributed by atoms with Gasteiger partial charge in [-0.1, -0.05) is 13.8 Å². The molecular weight excluding hydrogens is 294 g/mol. The van der Waals surface area contributed by atoms with Crippen molar-refractivity contribution in [3.05, 3.63) is 12.4 Å². The van der Waals surface area contributed by atoms with Crippen LogP contribution in [0.25, 0.3) is 0 Å². The molecule has 1 aliphatic carbocycles. The van der Waals surface area contributed by atoms with Gasteiger partial charge in [-0.15, -0.1) is 0 Å². The van der Waals surface area contributed by atoms with Crippen LogP contribution in [0.5, 0.6) is 5.88 Å². The minimum atomic E-state index is -0.401. The molecule has 0 N–H and O–H groups in total. The van der Waals surface area contributed by atoms with Crippen molar-refractivity contribution in [3.63, 3.8) is 0 Å². The number of methoxy groups -OCH3 is 2. The van der Waals surface area contributed by atoms with E-state index in [1.807, 2.05) is 13.0 Å². The highest BCUT2D eigenvalue weighted by Crippen LogP contribution is 2.61. The van der Waals surface area contributed by atoms with Gasteiger partial charge in [-0.25, -0.2) is 9.97 Å². The van der Waals surface area contributed by atoms with Crippen molar-refractivity contribution >= 4 is 5.82 Å². The number of aromatic nitrogens is 2. The summed E-state index contributed by atoms with van der Waals surface area (Å²) < 4.78 is 16.7. The smallest absolute Gasteiger partial charge is 0.218 e. The minimum absolute atomic E-state index is 0.261. The van der Waals surface area contributed by atoms with Crippen LogP contribution in [-0.4, -0.2) is 49.2 Å². The molecule has 0 aromatic carbocycles. The SMILES string of the molecule is CCOc1cc(N2CC3(CC(OC)(OC)C3)[C@@H]2C(C)C)ncn1. The van der Waals surface area contributed by atoms with Gasteiger partial charge in [0.1, 0.15) is 12.1 Å². The highest BCUT2D eigenvalue weighted by atomic mass is 16.7. The third-order valence-electron chi connectivity index (χ3n) is 5.28. The zero-order valence-corrected chi connectivity index (χ0v) is 14.7. The molecule has 1 atom stereocenters. The first kappa shape index (κ1) is 16.5. The Kier molecular flexibility index (Phi) is 4.23. The van der Waals surface area contributed by atoms with Gasteiger partial charge in [0.05, 0.1) is 6.61 Å². The van der Waals surface area contributed by atoms with Crippen molar-refractivity contribution in [1.82, 2.24) is 9.97 Å². The summed E-state index contributed by atoms with van der Waals surface area (Å²) in [4.78, 5) is 11.0. The average Bonchev–Trinajstić information content (AvgIpc) is 2.46. The van der Waals surface area contributed by atoms with Gasteiger partial charge in [0.25, 0.3) is 0 Å². The molecule has 1 aliphatic heterocycles. The quantitative estimate of drug-likeness (QED) is 0.750. The Morgan fingerprint density at radius 2 is 1.96 bits per heavy atom. The van der Waals surface area contributed by atoms with Gasteiger partial charge in [-0.2, -0.15) is 0 Å². The topological polar surface area (TPSA) is 56.7 Å². The zero-order chi connectivity index (χ0) is 16.7. The third-order valence-corrected chi connectivity index (χ3v) is 5.28. The summed E-state index contributed by atoms with van der Waals surface area (Å²) in [6.07, 6.45) is 3.46. The molecule has 2 heterocycles. The van der Waals surface area contributed by atoms with Gasteiger partial charge in [0.2, 0.25) is 5.88 Å². The lowest BCUT2D eigenvalue weighted by Crippen LogP contribution is -2.76. The molecule has 1 spiro atoms. The highest BCUT2D eigenvalue weighted by molar-refractivity contribution is 5.49. The van der Waals surface area contributed by atoms with Crippen molar-refractivity contribution in [3.8, 4) is 5.88 Å². The van der Waals surface area contributed by atoms with Crippen molar-refractivity contribution in [1.29, 1.82) is 0 Å². The van der Waals surface area contributed by atoms with Crippen LogP contribution >= 0.6 is 0 Å². The Balaban J connectivity index is 1.77. The lowest BCUT2D eigenvalue weighted by molar-refractivity contribution is -0.311. The lowest BCUT2D eigenvalue weighted by Gasteiger charge is -2.68. The van der Waals surface area contributed by atoms with Crippen LogP contribution in [0.3, 0.4) is 0 Å². The molecule has 0 radical (unpaired) electrons. The number of ether oxygens (including phenoxy) is 3. The van der Waals surface area contributed by atoms with E-state index in [0.29, 0.717) is 24.4 Å². The summed E-state index contributed by atoms with van der Waals surface area (Å²) >= 11 is 0. The van der Waals surface area contributed by atoms with Crippen LogP contribution in [0.4, 0.5) is 5.82 Å². The first-order chi connectivity index (χ1) is 11.0. The minimum Gasteiger partial charge on any atom is -0.478 e. The second kappa shape index (κ2) is 5.91. The number of anilines is 1. The molecule has 128 valence electrons. The number of nitrogens with zero attached hydrogens (tertiary/aromatic N) is 3. The molecule has 2 fully saturated rings. The Labute approximate surface area is 138 Å². The van der Waals surface area contributed by atoms with Crippen molar-refractivity contribution in [2.24, 2.45) is 11.3 Å². The van der Waals surface area contributed by atoms with Gasteiger partial charge >= 0.3 is 0 Å². The lowest BCUT2D eigenvalue weighted by atomic mass is 9.52. The number of hydrogen-bond acceptors (Lipinski definition) is 6. The second-order valence-corrected chi connectivity index (χ2v) is 7.00. The van der Waals surface area contributed by atoms with Crippen LogP contribution in [0, 0.1) is 11.3 Å². The zero-order valence-electron chi connectivity index (χ0n) is 14.7. The third kappa shape index (κ3) is 2.58. The summed E-state index contributed by atoms with van der Waals surface area (Å²) in [6, 6.07) is 2.37. The fourth-order valence-electron chi connectivity index (χ4n) is 4.47. The maximum Gasteiger partial charge on any atom is 0.218 e. The summed E-state index contributed by atoms with van der Waals surface area (Å²) in [7, 11) is 3.46. The average molecular weight is 321 g/mol. The van der Waals surface area contributed by atoms with Crippen LogP contribution in [0.1, 0.15) is 33.6 Å². The van der Waals surface area contributed by atoms with E-state index in [4.69, 9.17) is 14.2 Å². The van der Waals surface area contributed by atoms with E-state index in [0.717, 1.165) is 25.2 Å². The van der Waals surface area contributed by atoms with Gasteiger partial charge in [0, 0.05) is 51.1 Å². The van der Waals surface area contributed by atoms with E-state index in [1.165, 1.54) is 0 Å². The molecule has 0 amide bonds. The fraction of sp³-hybridized carbons (Fsp3) is 0.765. The van der Waals surface area contributed by atoms with E-state index >= 15 is 0 Å². The molecule has 1 aromatic heterocycles. The van der Waals surface area contributed by atoms with Crippen molar-refractivity contribution < 1.29 is 14.2 Å². The van der Waals surface area contributed by atoms with Crippen LogP contribution in [0.15, 0.2) is 12.4 Å². The summed E-state index contributed by atoms with van der Waals surface area (Å²) in [5, 5.41) is 0. The number of hydrogen-bond donors (Lipinski definition) is 0. The Morgan fingerprint density at radius 3 is 2.52 bits per heavy atom. The largest absolute Gasteiger partial charge is 0.478 e. The van der Waals surface area contributed by atoms with Gasteiger partial charge in [0.15, 0.2) is 5.79 Å². The first-order valence-electron chi connectivity index (χ1n) is 8.31. The molecule has 6 heteroatoms. The standard InChI is InChI=1S/C17H27N3O3/c1-6-23-14-7-13(18-11-19-14)20-10-16(15(20)12(2)3)8-17(9-16,21-4)22-5/h7,11-12,15H,6,8-10H2,1-5H3/t15-/m0/s1. The van der Waals surface area contributed by atoms with Crippen LogP contribution in [0.2, 0.25) is 0 Å². The van der Waals surface area contributed by atoms with Crippen LogP contribution in [-0.2, 0) is 9.47 Å². The summed E-state index contributed by atoms with van der Waals surface area (Å²) in [6.45, 7) is 8.08. The summed E-state index contributed by atoms with van der Waals surface area (Å²) in [5.74, 6) is 1.71. The molecule has 1 saturated heterocycles. The Hall–Kier alpha value is -1.40. The maximum atomic E-state index is 5.59. The molecule has 1 saturated carbocycles. The number of rotatable bonds is 6. The van der Waals surface area contributed by atoms with E-state index in [1.54, 1.807) is 20.5 Å². The maximum absolute atomic E-state index is 5.59. The van der Waals surface area contributed by atoms with Crippen molar-refractivity contribution in [2.45, 2.75) is 45.4 Å². The molecule has 1 aromatic rings. The van der Waals surface area contributed by atoms with E-state index in [-0.39, 0.29) is 5.41 Å². The molecule has 6 nitrogen and oxygen atoms in total. The van der Waals surface area contributed by atoms with Gasteiger partial charge < -0.3 is 19.1 Å².